The first-order valence-corrected chi connectivity index (χ1v) is 8.83. The van der Waals surface area contributed by atoms with Crippen LogP contribution in [0.25, 0.3) is 0 Å². The number of nitrogens with zero attached hydrogens (tertiary/aromatic N) is 1. The van der Waals surface area contributed by atoms with E-state index in [2.05, 4.69) is 0 Å². The van der Waals surface area contributed by atoms with Crippen LogP contribution in [0.1, 0.15) is 19.8 Å². The maximum Gasteiger partial charge on any atom is 0.306 e. The first kappa shape index (κ1) is 17.1. The van der Waals surface area contributed by atoms with E-state index in [9.17, 15) is 13.2 Å². The summed E-state index contributed by atoms with van der Waals surface area (Å²) in [5.74, 6) is -0.913. The van der Waals surface area contributed by atoms with Crippen LogP contribution in [0.5, 0.6) is 5.75 Å². The van der Waals surface area contributed by atoms with E-state index in [0.29, 0.717) is 25.2 Å². The highest BCUT2D eigenvalue weighted by molar-refractivity contribution is 7.89. The van der Waals surface area contributed by atoms with Crippen molar-refractivity contribution in [2.45, 2.75) is 24.7 Å². The number of rotatable bonds is 5. The Bertz CT molecular complexity index is 653. The molecule has 6 nitrogen and oxygen atoms in total. The highest BCUT2D eigenvalue weighted by Crippen LogP contribution is 2.30. The average molecular weight is 348 g/mol. The molecule has 0 unspecified atom stereocenters. The third kappa shape index (κ3) is 3.53. The van der Waals surface area contributed by atoms with E-state index in [0.717, 1.165) is 0 Å². The van der Waals surface area contributed by atoms with Gasteiger partial charge in [-0.05, 0) is 38.0 Å². The predicted octanol–water partition coefficient (Wildman–Crippen LogP) is 2.22. The van der Waals surface area contributed by atoms with Crippen molar-refractivity contribution >= 4 is 27.6 Å². The number of aliphatic carboxylic acids is 1. The lowest BCUT2D eigenvalue weighted by Crippen LogP contribution is -2.40. The van der Waals surface area contributed by atoms with Crippen molar-refractivity contribution in [3.63, 3.8) is 0 Å². The molecule has 0 aliphatic carbocycles. The van der Waals surface area contributed by atoms with E-state index < -0.39 is 21.9 Å². The van der Waals surface area contributed by atoms with Crippen LogP contribution in [0.4, 0.5) is 0 Å². The Hall–Kier alpha value is -1.31. The molecular formula is C14H18ClNO5S. The van der Waals surface area contributed by atoms with Gasteiger partial charge in [0.15, 0.2) is 0 Å². The van der Waals surface area contributed by atoms with Gasteiger partial charge in [0, 0.05) is 13.1 Å². The van der Waals surface area contributed by atoms with Crippen molar-refractivity contribution in [1.82, 2.24) is 4.31 Å². The highest BCUT2D eigenvalue weighted by atomic mass is 35.5. The molecular weight excluding hydrogens is 330 g/mol. The molecule has 0 aromatic heterocycles. The molecule has 0 spiro atoms. The summed E-state index contributed by atoms with van der Waals surface area (Å²) in [5, 5.41) is 9.20. The number of sulfonamides is 1. The van der Waals surface area contributed by atoms with Crippen LogP contribution in [0.3, 0.4) is 0 Å². The Morgan fingerprint density at radius 3 is 2.55 bits per heavy atom. The van der Waals surface area contributed by atoms with Crippen LogP contribution in [-0.4, -0.2) is 43.5 Å². The van der Waals surface area contributed by atoms with Gasteiger partial charge in [-0.15, -0.1) is 0 Å². The Morgan fingerprint density at radius 2 is 2.05 bits per heavy atom. The number of piperidine rings is 1. The zero-order chi connectivity index (χ0) is 16.3. The molecule has 0 atom stereocenters. The third-order valence-corrected chi connectivity index (χ3v) is 5.83. The number of ether oxygens (including phenoxy) is 1. The molecule has 122 valence electrons. The van der Waals surface area contributed by atoms with Gasteiger partial charge >= 0.3 is 5.97 Å². The second-order valence-corrected chi connectivity index (χ2v) is 7.39. The Kier molecular flexibility index (Phi) is 5.31. The van der Waals surface area contributed by atoms with Gasteiger partial charge in [-0.1, -0.05) is 11.6 Å². The normalized spacial score (nSPS) is 17.4. The first-order chi connectivity index (χ1) is 10.4. The summed E-state index contributed by atoms with van der Waals surface area (Å²) in [7, 11) is -3.66. The SMILES string of the molecule is CCOc1ccc(S(=O)(=O)N2CCC(C(=O)O)CC2)cc1Cl. The summed E-state index contributed by atoms with van der Waals surface area (Å²) in [5.41, 5.74) is 0. The van der Waals surface area contributed by atoms with Crippen molar-refractivity contribution in [3.05, 3.63) is 23.2 Å². The van der Waals surface area contributed by atoms with Gasteiger partial charge in [0.2, 0.25) is 10.0 Å². The van der Waals surface area contributed by atoms with Gasteiger partial charge in [-0.3, -0.25) is 4.79 Å². The van der Waals surface area contributed by atoms with Crippen molar-refractivity contribution in [2.24, 2.45) is 5.92 Å². The molecule has 8 heteroatoms. The summed E-state index contributed by atoms with van der Waals surface area (Å²) in [4.78, 5) is 11.0. The number of benzene rings is 1. The molecule has 1 aromatic carbocycles. The van der Waals surface area contributed by atoms with Gasteiger partial charge in [0.25, 0.3) is 0 Å². The van der Waals surface area contributed by atoms with Crippen molar-refractivity contribution in [3.8, 4) is 5.75 Å². The number of hydrogen-bond donors (Lipinski definition) is 1. The summed E-state index contributed by atoms with van der Waals surface area (Å²) < 4.78 is 31.7. The summed E-state index contributed by atoms with van der Waals surface area (Å²) in [6.45, 7) is 2.65. The van der Waals surface area contributed by atoms with Gasteiger partial charge in [-0.25, -0.2) is 8.42 Å². The van der Waals surface area contributed by atoms with Crippen LogP contribution < -0.4 is 4.74 Å². The molecule has 0 amide bonds. The van der Waals surface area contributed by atoms with Crippen LogP contribution >= 0.6 is 11.6 Å². The van der Waals surface area contributed by atoms with Gasteiger partial charge < -0.3 is 9.84 Å². The topological polar surface area (TPSA) is 83.9 Å². The molecule has 0 bridgehead atoms. The quantitative estimate of drug-likeness (QED) is 0.882. The largest absolute Gasteiger partial charge is 0.492 e. The van der Waals surface area contributed by atoms with E-state index >= 15 is 0 Å². The fraction of sp³-hybridized carbons (Fsp3) is 0.500. The average Bonchev–Trinajstić information content (AvgIpc) is 2.49. The molecule has 22 heavy (non-hydrogen) atoms. The fourth-order valence-electron chi connectivity index (χ4n) is 2.41. The Labute approximate surface area is 134 Å². The van der Waals surface area contributed by atoms with Crippen molar-refractivity contribution in [2.75, 3.05) is 19.7 Å². The van der Waals surface area contributed by atoms with Crippen molar-refractivity contribution < 1.29 is 23.1 Å². The van der Waals surface area contributed by atoms with Crippen LogP contribution in [0.2, 0.25) is 5.02 Å². The highest BCUT2D eigenvalue weighted by Gasteiger charge is 2.32. The van der Waals surface area contributed by atoms with Crippen LogP contribution in [0, 0.1) is 5.92 Å². The maximum atomic E-state index is 12.6. The van der Waals surface area contributed by atoms with E-state index in [1.807, 2.05) is 6.92 Å². The lowest BCUT2D eigenvalue weighted by molar-refractivity contribution is -0.142. The minimum atomic E-state index is -3.66. The van der Waals surface area contributed by atoms with Gasteiger partial charge in [0.05, 0.1) is 22.4 Å². The van der Waals surface area contributed by atoms with Gasteiger partial charge in [-0.2, -0.15) is 4.31 Å². The van der Waals surface area contributed by atoms with Gasteiger partial charge in [0.1, 0.15) is 5.75 Å². The smallest absolute Gasteiger partial charge is 0.306 e. The number of carbonyl (C=O) groups is 1. The summed E-state index contributed by atoms with van der Waals surface area (Å²) >= 11 is 6.03. The standard InChI is InChI=1S/C14H18ClNO5S/c1-2-21-13-4-3-11(9-12(13)15)22(19,20)16-7-5-10(6-8-16)14(17)18/h3-4,9-10H,2,5-8H2,1H3,(H,17,18). The first-order valence-electron chi connectivity index (χ1n) is 7.01. The molecule has 2 rings (SSSR count). The van der Waals surface area contributed by atoms with E-state index in [1.165, 1.54) is 22.5 Å². The molecule has 1 aliphatic heterocycles. The zero-order valence-corrected chi connectivity index (χ0v) is 13.7. The molecule has 1 fully saturated rings. The van der Waals surface area contributed by atoms with Crippen LogP contribution in [-0.2, 0) is 14.8 Å². The zero-order valence-electron chi connectivity index (χ0n) is 12.2. The Balaban J connectivity index is 2.17. The van der Waals surface area contributed by atoms with E-state index in [-0.39, 0.29) is 23.0 Å². The minimum absolute atomic E-state index is 0.0923. The Morgan fingerprint density at radius 1 is 1.41 bits per heavy atom. The molecule has 1 aromatic rings. The second-order valence-electron chi connectivity index (χ2n) is 5.04. The number of carboxylic acid groups (broad SMARTS) is 1. The number of hydrogen-bond acceptors (Lipinski definition) is 4. The molecule has 1 aliphatic rings. The number of halogens is 1. The lowest BCUT2D eigenvalue weighted by Gasteiger charge is -2.29. The summed E-state index contributed by atoms with van der Waals surface area (Å²) in [6.07, 6.45) is 0.638. The molecule has 0 radical (unpaired) electrons. The van der Waals surface area contributed by atoms with Crippen LogP contribution in [0.15, 0.2) is 23.1 Å². The molecule has 0 saturated carbocycles. The molecule has 1 heterocycles. The third-order valence-electron chi connectivity index (χ3n) is 3.64. The molecule has 1 N–H and O–H groups in total. The maximum absolute atomic E-state index is 12.6. The molecule has 1 saturated heterocycles. The van der Waals surface area contributed by atoms with E-state index in [4.69, 9.17) is 21.4 Å². The van der Waals surface area contributed by atoms with E-state index in [1.54, 1.807) is 0 Å². The monoisotopic (exact) mass is 347 g/mol. The minimum Gasteiger partial charge on any atom is -0.492 e. The fourth-order valence-corrected chi connectivity index (χ4v) is 4.20. The number of carboxylic acids is 1. The lowest BCUT2D eigenvalue weighted by atomic mass is 9.99. The second kappa shape index (κ2) is 6.85. The van der Waals surface area contributed by atoms with Crippen molar-refractivity contribution in [1.29, 1.82) is 0 Å². The summed E-state index contributed by atoms with van der Waals surface area (Å²) in [6, 6.07) is 4.35. The predicted molar refractivity (Wildman–Crippen MR) is 81.7 cm³/mol.